The van der Waals surface area contributed by atoms with Gasteiger partial charge in [0.25, 0.3) is 0 Å². The molecule has 0 heterocycles. The molecule has 0 saturated heterocycles. The fourth-order valence-corrected chi connectivity index (χ4v) is 1.96. The number of nitrogens with zero attached hydrogens (tertiary/aromatic N) is 3. The first kappa shape index (κ1) is 11.7. The van der Waals surface area contributed by atoms with E-state index in [9.17, 15) is 4.79 Å². The second-order valence-corrected chi connectivity index (χ2v) is 3.91. The first-order valence-electron chi connectivity index (χ1n) is 5.27. The molecule has 0 atom stereocenters. The third-order valence-corrected chi connectivity index (χ3v) is 2.78. The average Bonchev–Trinajstić information content (AvgIpc) is 2.71. The van der Waals surface area contributed by atoms with Crippen molar-refractivity contribution in [2.45, 2.75) is 25.7 Å². The smallest absolute Gasteiger partial charge is 0.149 e. The Balaban J connectivity index is 2.40. The molecule has 0 aliphatic heterocycles. The Kier molecular flexibility index (Phi) is 4.80. The van der Waals surface area contributed by atoms with Crippen LogP contribution in [0.25, 0.3) is 0 Å². The van der Waals surface area contributed by atoms with Gasteiger partial charge in [-0.1, -0.05) is 12.8 Å². The molecule has 0 radical (unpaired) electrons. The zero-order valence-corrected chi connectivity index (χ0v) is 8.78. The van der Waals surface area contributed by atoms with Gasteiger partial charge in [-0.15, -0.1) is 0 Å². The lowest BCUT2D eigenvalue weighted by atomic mass is 10.0. The number of Topliss-reactive ketones (excluding diaryl/α,β-unsaturated/α-hetero) is 1. The molecule has 0 unspecified atom stereocenters. The highest BCUT2D eigenvalue weighted by Gasteiger charge is 2.23. The van der Waals surface area contributed by atoms with E-state index in [1.807, 2.05) is 12.1 Å². The normalized spacial score (nSPS) is 16.2. The zero-order valence-electron chi connectivity index (χ0n) is 8.78. The third kappa shape index (κ3) is 3.69. The fourth-order valence-electron chi connectivity index (χ4n) is 1.96. The van der Waals surface area contributed by atoms with Gasteiger partial charge in [0.1, 0.15) is 5.78 Å². The van der Waals surface area contributed by atoms with Crippen molar-refractivity contribution >= 4 is 5.78 Å². The van der Waals surface area contributed by atoms with Crippen LogP contribution in [0.2, 0.25) is 0 Å². The van der Waals surface area contributed by atoms with E-state index in [0.717, 1.165) is 25.7 Å². The molecule has 1 rings (SSSR count). The van der Waals surface area contributed by atoms with Crippen LogP contribution in [0.3, 0.4) is 0 Å². The molecule has 0 aromatic rings. The summed E-state index contributed by atoms with van der Waals surface area (Å²) in [7, 11) is 0. The van der Waals surface area contributed by atoms with Crippen molar-refractivity contribution in [3.8, 4) is 12.1 Å². The van der Waals surface area contributed by atoms with Gasteiger partial charge in [0.05, 0.1) is 31.8 Å². The van der Waals surface area contributed by atoms with Crippen molar-refractivity contribution in [2.24, 2.45) is 5.92 Å². The highest BCUT2D eigenvalue weighted by atomic mass is 16.1. The van der Waals surface area contributed by atoms with Crippen molar-refractivity contribution in [3.63, 3.8) is 0 Å². The molecule has 4 heteroatoms. The summed E-state index contributed by atoms with van der Waals surface area (Å²) in [5.74, 6) is 0.364. The van der Waals surface area contributed by atoms with E-state index in [1.54, 1.807) is 4.90 Å². The molecule has 0 aromatic heterocycles. The summed E-state index contributed by atoms with van der Waals surface area (Å²) in [5.41, 5.74) is 0. The average molecular weight is 205 g/mol. The minimum Gasteiger partial charge on any atom is -0.298 e. The lowest BCUT2D eigenvalue weighted by Gasteiger charge is -2.16. The summed E-state index contributed by atoms with van der Waals surface area (Å²) < 4.78 is 0. The van der Waals surface area contributed by atoms with Crippen LogP contribution in [-0.2, 0) is 4.79 Å². The van der Waals surface area contributed by atoms with Gasteiger partial charge in [-0.2, -0.15) is 10.5 Å². The molecule has 4 nitrogen and oxygen atoms in total. The van der Waals surface area contributed by atoms with Gasteiger partial charge >= 0.3 is 0 Å². The highest BCUT2D eigenvalue weighted by Crippen LogP contribution is 2.25. The summed E-state index contributed by atoms with van der Waals surface area (Å²) in [4.78, 5) is 13.3. The summed E-state index contributed by atoms with van der Waals surface area (Å²) in [6.07, 6.45) is 4.22. The van der Waals surface area contributed by atoms with Crippen LogP contribution >= 0.6 is 0 Å². The Bertz CT molecular complexity index is 278. The lowest BCUT2D eigenvalue weighted by molar-refractivity contribution is -0.123. The minimum absolute atomic E-state index is 0.159. The summed E-state index contributed by atoms with van der Waals surface area (Å²) >= 11 is 0. The number of carbonyl (C=O) groups excluding carboxylic acids is 1. The molecule has 0 N–H and O–H groups in total. The van der Waals surface area contributed by atoms with Gasteiger partial charge in [0.2, 0.25) is 0 Å². The maximum Gasteiger partial charge on any atom is 0.149 e. The maximum atomic E-state index is 11.7. The van der Waals surface area contributed by atoms with Gasteiger partial charge in [0, 0.05) is 5.92 Å². The van der Waals surface area contributed by atoms with Crippen molar-refractivity contribution in [3.05, 3.63) is 0 Å². The van der Waals surface area contributed by atoms with Crippen LogP contribution in [0, 0.1) is 28.6 Å². The second-order valence-electron chi connectivity index (χ2n) is 3.91. The van der Waals surface area contributed by atoms with Gasteiger partial charge in [-0.25, -0.2) is 0 Å². The van der Waals surface area contributed by atoms with Crippen LogP contribution < -0.4 is 0 Å². The Labute approximate surface area is 90.1 Å². The van der Waals surface area contributed by atoms with E-state index in [0.29, 0.717) is 0 Å². The van der Waals surface area contributed by atoms with Gasteiger partial charge in [0.15, 0.2) is 0 Å². The van der Waals surface area contributed by atoms with Crippen molar-refractivity contribution < 1.29 is 4.79 Å². The molecule has 1 aliphatic carbocycles. The van der Waals surface area contributed by atoms with E-state index in [-0.39, 0.29) is 31.3 Å². The van der Waals surface area contributed by atoms with E-state index in [1.165, 1.54) is 0 Å². The van der Waals surface area contributed by atoms with Crippen LogP contribution in [0.4, 0.5) is 0 Å². The summed E-state index contributed by atoms with van der Waals surface area (Å²) in [6.45, 7) is 0.573. The molecule has 1 aliphatic rings. The van der Waals surface area contributed by atoms with Crippen LogP contribution in [-0.4, -0.2) is 30.3 Å². The molecule has 1 saturated carbocycles. The molecular weight excluding hydrogens is 190 g/mol. The molecule has 80 valence electrons. The van der Waals surface area contributed by atoms with Gasteiger partial charge in [-0.3, -0.25) is 9.69 Å². The predicted molar refractivity (Wildman–Crippen MR) is 54.6 cm³/mol. The van der Waals surface area contributed by atoms with Gasteiger partial charge < -0.3 is 0 Å². The van der Waals surface area contributed by atoms with E-state index in [2.05, 4.69) is 0 Å². The number of nitriles is 2. The molecule has 1 fully saturated rings. The molecule has 0 aromatic carbocycles. The topological polar surface area (TPSA) is 67.9 Å². The lowest BCUT2D eigenvalue weighted by Crippen LogP contribution is -2.33. The minimum atomic E-state index is 0.159. The largest absolute Gasteiger partial charge is 0.298 e. The Morgan fingerprint density at radius 1 is 1.20 bits per heavy atom. The van der Waals surface area contributed by atoms with Crippen molar-refractivity contribution in [1.82, 2.24) is 4.90 Å². The fraction of sp³-hybridized carbons (Fsp3) is 0.727. The summed E-state index contributed by atoms with van der Waals surface area (Å²) in [5, 5.41) is 17.1. The number of hydrogen-bond donors (Lipinski definition) is 0. The Hall–Kier alpha value is -1.39. The number of carbonyl (C=O) groups is 1. The Morgan fingerprint density at radius 3 is 2.20 bits per heavy atom. The van der Waals surface area contributed by atoms with Crippen LogP contribution in [0.1, 0.15) is 25.7 Å². The maximum absolute atomic E-state index is 11.7. The molecule has 15 heavy (non-hydrogen) atoms. The third-order valence-electron chi connectivity index (χ3n) is 2.78. The molecule has 0 amide bonds. The van der Waals surface area contributed by atoms with E-state index < -0.39 is 0 Å². The first-order valence-corrected chi connectivity index (χ1v) is 5.27. The monoisotopic (exact) mass is 205 g/mol. The Morgan fingerprint density at radius 2 is 1.73 bits per heavy atom. The molecule has 0 spiro atoms. The molecule has 0 bridgehead atoms. The van der Waals surface area contributed by atoms with Crippen LogP contribution in [0.15, 0.2) is 0 Å². The summed E-state index contributed by atoms with van der Waals surface area (Å²) in [6, 6.07) is 3.94. The van der Waals surface area contributed by atoms with Crippen LogP contribution in [0.5, 0.6) is 0 Å². The van der Waals surface area contributed by atoms with E-state index >= 15 is 0 Å². The predicted octanol–water partition coefficient (Wildman–Crippen LogP) is 1.09. The van der Waals surface area contributed by atoms with Crippen molar-refractivity contribution in [2.75, 3.05) is 19.6 Å². The highest BCUT2D eigenvalue weighted by molar-refractivity contribution is 5.83. The van der Waals surface area contributed by atoms with Crippen molar-refractivity contribution in [1.29, 1.82) is 10.5 Å². The first-order chi connectivity index (χ1) is 7.27. The van der Waals surface area contributed by atoms with E-state index in [4.69, 9.17) is 10.5 Å². The number of hydrogen-bond acceptors (Lipinski definition) is 4. The number of ketones is 1. The quantitative estimate of drug-likeness (QED) is 0.630. The molecular formula is C11H15N3O. The number of rotatable bonds is 5. The zero-order chi connectivity index (χ0) is 11.1. The standard InChI is InChI=1S/C11H15N3O/c12-5-7-14(8-6-13)9-11(15)10-3-1-2-4-10/h10H,1-4,7-9H2. The second kappa shape index (κ2) is 6.16. The van der Waals surface area contributed by atoms with Gasteiger partial charge in [-0.05, 0) is 12.8 Å². The SMILES string of the molecule is N#CCN(CC#N)CC(=O)C1CCCC1.